The first-order valence-corrected chi connectivity index (χ1v) is 3.16. The van der Waals surface area contributed by atoms with Gasteiger partial charge in [-0.25, -0.2) is 0 Å². The van der Waals surface area contributed by atoms with Crippen LogP contribution in [0, 0.1) is 0 Å². The van der Waals surface area contributed by atoms with Gasteiger partial charge >= 0.3 is 0 Å². The summed E-state index contributed by atoms with van der Waals surface area (Å²) in [5.74, 6) is 0.185. The van der Waals surface area contributed by atoms with Crippen LogP contribution in [0.1, 0.15) is 25.7 Å². The Morgan fingerprint density at radius 2 is 1.62 bits per heavy atom. The predicted molar refractivity (Wildman–Crippen MR) is 31.5 cm³/mol. The first-order valence-electron chi connectivity index (χ1n) is 3.16. The van der Waals surface area contributed by atoms with Crippen LogP contribution in [0.15, 0.2) is 0 Å². The van der Waals surface area contributed by atoms with Crippen LogP contribution in [-0.4, -0.2) is 12.5 Å². The second-order valence-corrected chi connectivity index (χ2v) is 2.16. The lowest BCUT2D eigenvalue weighted by molar-refractivity contribution is -0.125. The van der Waals surface area contributed by atoms with E-state index >= 15 is 0 Å². The van der Waals surface area contributed by atoms with Gasteiger partial charge in [0.15, 0.2) is 0 Å². The summed E-state index contributed by atoms with van der Waals surface area (Å²) in [5.41, 5.74) is 0. The summed E-state index contributed by atoms with van der Waals surface area (Å²) in [7, 11) is 0. The summed E-state index contributed by atoms with van der Waals surface area (Å²) in [4.78, 5) is 9.79. The molecule has 1 saturated heterocycles. The Hall–Kier alpha value is -0.530. The number of carbonyl (C=O) groups is 1. The molecule has 1 N–H and O–H groups in total. The van der Waals surface area contributed by atoms with Crippen molar-refractivity contribution in [3.8, 4) is 0 Å². The lowest BCUT2D eigenvalue weighted by atomic mass is 10.3. The number of nitrogens with one attached hydrogen (secondary N) is 1. The Labute approximate surface area is 49.3 Å². The Morgan fingerprint density at radius 3 is 1.62 bits per heavy atom. The predicted octanol–water partition coefficient (Wildman–Crippen LogP) is 0.677. The van der Waals surface area contributed by atoms with E-state index in [2.05, 4.69) is 5.32 Å². The molecule has 1 heterocycles. The summed E-state index contributed by atoms with van der Waals surface area (Å²) in [6.45, 7) is 0.888. The second-order valence-electron chi connectivity index (χ2n) is 2.16. The Balaban J connectivity index is 0.0000000907. The Bertz CT molecular complexity index is 79.8. The van der Waals surface area contributed by atoms with Gasteiger partial charge in [0.05, 0.1) is 0 Å². The van der Waals surface area contributed by atoms with Crippen molar-refractivity contribution in [2.75, 3.05) is 6.54 Å². The van der Waals surface area contributed by atoms with Gasteiger partial charge in [0.2, 0.25) is 5.91 Å². The van der Waals surface area contributed by atoms with Gasteiger partial charge in [-0.15, -0.1) is 0 Å². The van der Waals surface area contributed by atoms with Gasteiger partial charge < -0.3 is 5.32 Å². The van der Waals surface area contributed by atoms with Crippen molar-refractivity contribution >= 4 is 5.91 Å². The maximum absolute atomic E-state index is 9.79. The van der Waals surface area contributed by atoms with Crippen LogP contribution >= 0.6 is 0 Å². The van der Waals surface area contributed by atoms with Crippen LogP contribution < -0.4 is 5.32 Å². The van der Waals surface area contributed by atoms with Gasteiger partial charge in [0.1, 0.15) is 0 Å². The highest BCUT2D eigenvalue weighted by Crippen LogP contribution is 2.14. The highest BCUT2D eigenvalue weighted by molar-refractivity contribution is 5.81. The molecule has 0 aromatic heterocycles. The molecule has 0 atom stereocenters. The molecule has 0 spiro atoms. The number of β-lactam (4-membered cyclic amide) rings is 1. The fraction of sp³-hybridized carbons (Fsp3) is 0.833. The minimum Gasteiger partial charge on any atom is -0.356 e. The van der Waals surface area contributed by atoms with E-state index in [0.29, 0.717) is 0 Å². The smallest absolute Gasteiger partial charge is 0.221 e. The molecule has 2 rings (SSSR count). The van der Waals surface area contributed by atoms with Crippen LogP contribution in [0.2, 0.25) is 0 Å². The second kappa shape index (κ2) is 2.70. The average Bonchev–Trinajstić information content (AvgIpc) is 2.41. The fourth-order valence-corrected chi connectivity index (χ4v) is 0.227. The standard InChI is InChI=1S/C3H5NO.C3H6/c5-3-1-2-4-3;1-2-3-1/h1-2H2,(H,4,5);1-3H2. The van der Waals surface area contributed by atoms with Gasteiger partial charge in [-0.05, 0) is 0 Å². The lowest BCUT2D eigenvalue weighted by Crippen LogP contribution is -2.37. The molecule has 0 bridgehead atoms. The highest BCUT2D eigenvalue weighted by atomic mass is 16.2. The molecule has 0 aromatic rings. The molecule has 0 unspecified atom stereocenters. The number of hydrogen-bond donors (Lipinski definition) is 1. The van der Waals surface area contributed by atoms with Crippen molar-refractivity contribution in [3.63, 3.8) is 0 Å². The van der Waals surface area contributed by atoms with E-state index in [4.69, 9.17) is 0 Å². The van der Waals surface area contributed by atoms with Gasteiger partial charge in [0.25, 0.3) is 0 Å². The Morgan fingerprint density at radius 1 is 1.25 bits per heavy atom. The minimum absolute atomic E-state index is 0.185. The van der Waals surface area contributed by atoms with Crippen LogP contribution in [-0.2, 0) is 4.79 Å². The fourth-order valence-electron chi connectivity index (χ4n) is 0.227. The first-order chi connectivity index (χ1) is 3.89. The molecule has 1 amide bonds. The van der Waals surface area contributed by atoms with Crippen molar-refractivity contribution < 1.29 is 4.79 Å². The molecule has 2 fully saturated rings. The number of amides is 1. The van der Waals surface area contributed by atoms with Crippen molar-refractivity contribution in [3.05, 3.63) is 0 Å². The van der Waals surface area contributed by atoms with Crippen LogP contribution in [0.25, 0.3) is 0 Å². The van der Waals surface area contributed by atoms with E-state index in [1.807, 2.05) is 0 Å². The third-order valence-electron chi connectivity index (χ3n) is 1.03. The minimum atomic E-state index is 0.185. The zero-order valence-electron chi connectivity index (χ0n) is 4.94. The van der Waals surface area contributed by atoms with Crippen molar-refractivity contribution in [1.82, 2.24) is 5.32 Å². The van der Waals surface area contributed by atoms with Gasteiger partial charge in [-0.3, -0.25) is 4.79 Å². The third-order valence-corrected chi connectivity index (χ3v) is 1.03. The van der Waals surface area contributed by atoms with E-state index in [1.54, 1.807) is 0 Å². The maximum atomic E-state index is 9.79. The van der Waals surface area contributed by atoms with Crippen LogP contribution in [0.4, 0.5) is 0 Å². The van der Waals surface area contributed by atoms with Crippen molar-refractivity contribution in [2.45, 2.75) is 25.7 Å². The molecule has 1 aliphatic carbocycles. The van der Waals surface area contributed by atoms with E-state index in [9.17, 15) is 4.79 Å². The summed E-state index contributed by atoms with van der Waals surface area (Å²) >= 11 is 0. The van der Waals surface area contributed by atoms with Crippen molar-refractivity contribution in [1.29, 1.82) is 0 Å². The SMILES string of the molecule is C1CC1.O=C1CCN1. The molecular weight excluding hydrogens is 102 g/mol. The number of rotatable bonds is 0. The zero-order valence-corrected chi connectivity index (χ0v) is 4.94. The molecule has 0 radical (unpaired) electrons. The van der Waals surface area contributed by atoms with Crippen molar-refractivity contribution in [2.24, 2.45) is 0 Å². The third kappa shape index (κ3) is 2.61. The molecule has 2 heteroatoms. The number of carbonyl (C=O) groups excluding carboxylic acids is 1. The van der Waals surface area contributed by atoms with E-state index in [-0.39, 0.29) is 5.91 Å². The molecule has 8 heavy (non-hydrogen) atoms. The zero-order chi connectivity index (χ0) is 5.82. The summed E-state index contributed by atoms with van der Waals surface area (Å²) in [6.07, 6.45) is 5.24. The largest absolute Gasteiger partial charge is 0.356 e. The maximum Gasteiger partial charge on any atom is 0.221 e. The first kappa shape index (κ1) is 5.60. The molecule has 1 aliphatic heterocycles. The molecule has 2 nitrogen and oxygen atoms in total. The quantitative estimate of drug-likeness (QED) is 0.460. The molecule has 0 aromatic carbocycles. The molecule has 46 valence electrons. The van der Waals surface area contributed by atoms with E-state index < -0.39 is 0 Å². The monoisotopic (exact) mass is 113 g/mol. The number of hydrogen-bond acceptors (Lipinski definition) is 1. The summed E-state index contributed by atoms with van der Waals surface area (Å²) in [5, 5.41) is 2.57. The normalized spacial score (nSPS) is 21.8. The van der Waals surface area contributed by atoms with E-state index in [0.717, 1.165) is 13.0 Å². The molecule has 1 saturated carbocycles. The van der Waals surface area contributed by atoms with Gasteiger partial charge in [-0.1, -0.05) is 19.3 Å². The molecule has 2 aliphatic rings. The van der Waals surface area contributed by atoms with Crippen LogP contribution in [0.5, 0.6) is 0 Å². The highest BCUT2D eigenvalue weighted by Gasteiger charge is 2.07. The summed E-state index contributed by atoms with van der Waals surface area (Å²) < 4.78 is 0. The van der Waals surface area contributed by atoms with Crippen LogP contribution in [0.3, 0.4) is 0 Å². The summed E-state index contributed by atoms with van der Waals surface area (Å²) in [6, 6.07) is 0. The van der Waals surface area contributed by atoms with Gasteiger partial charge in [-0.2, -0.15) is 0 Å². The van der Waals surface area contributed by atoms with Gasteiger partial charge in [0, 0.05) is 13.0 Å². The Kier molecular flexibility index (Phi) is 1.89. The lowest BCUT2D eigenvalue weighted by Gasteiger charge is -2.10. The molecular formula is C6H11NO. The average molecular weight is 113 g/mol. The topological polar surface area (TPSA) is 29.1 Å². The van der Waals surface area contributed by atoms with E-state index in [1.165, 1.54) is 19.3 Å².